The molecule has 4 nitrogen and oxygen atoms in total. The van der Waals surface area contributed by atoms with E-state index in [1.807, 2.05) is 11.7 Å². The van der Waals surface area contributed by atoms with Gasteiger partial charge in [-0.15, -0.1) is 0 Å². The van der Waals surface area contributed by atoms with Gasteiger partial charge in [0.15, 0.2) is 0 Å². The molecule has 116 valence electrons. The summed E-state index contributed by atoms with van der Waals surface area (Å²) in [5, 5.41) is 17.7. The van der Waals surface area contributed by atoms with Crippen molar-refractivity contribution in [3.05, 3.63) is 17.5 Å². The molecule has 1 aromatic rings. The predicted octanol–water partition coefficient (Wildman–Crippen LogP) is 2.61. The first-order valence-corrected chi connectivity index (χ1v) is 7.62. The highest BCUT2D eigenvalue weighted by molar-refractivity contribution is 5.23. The van der Waals surface area contributed by atoms with Crippen LogP contribution in [0.2, 0.25) is 0 Å². The van der Waals surface area contributed by atoms with E-state index >= 15 is 0 Å². The Bertz CT molecular complexity index is 406. The van der Waals surface area contributed by atoms with Crippen molar-refractivity contribution in [2.75, 3.05) is 13.2 Å². The molecular formula is C16H31N3O. The maximum atomic E-state index is 9.61. The summed E-state index contributed by atoms with van der Waals surface area (Å²) in [4.78, 5) is 0. The molecule has 0 bridgehead atoms. The van der Waals surface area contributed by atoms with Gasteiger partial charge in [0.05, 0.1) is 5.69 Å². The summed E-state index contributed by atoms with van der Waals surface area (Å²) in [5.74, 6) is 0. The van der Waals surface area contributed by atoms with Crippen LogP contribution >= 0.6 is 0 Å². The van der Waals surface area contributed by atoms with Crippen molar-refractivity contribution in [3.8, 4) is 0 Å². The van der Waals surface area contributed by atoms with Crippen LogP contribution in [0.1, 0.15) is 58.7 Å². The molecule has 0 aliphatic carbocycles. The van der Waals surface area contributed by atoms with E-state index in [-0.39, 0.29) is 17.4 Å². The van der Waals surface area contributed by atoms with Crippen molar-refractivity contribution in [3.63, 3.8) is 0 Å². The Morgan fingerprint density at radius 3 is 2.30 bits per heavy atom. The SMILES string of the molecule is CCC(CC)(CO)CNCc1cn(C)nc1C(C)(C)C. The summed E-state index contributed by atoms with van der Waals surface area (Å²) in [6.45, 7) is 12.8. The van der Waals surface area contributed by atoms with E-state index in [1.165, 1.54) is 5.56 Å². The fourth-order valence-electron chi connectivity index (χ4n) is 2.54. The smallest absolute Gasteiger partial charge is 0.0722 e. The van der Waals surface area contributed by atoms with Gasteiger partial charge in [0, 0.05) is 49.3 Å². The number of aliphatic hydroxyl groups excluding tert-OH is 1. The number of nitrogens with one attached hydrogen (secondary N) is 1. The normalized spacial score (nSPS) is 12.9. The first kappa shape index (κ1) is 17.2. The Morgan fingerprint density at radius 1 is 1.25 bits per heavy atom. The minimum atomic E-state index is 0.00407. The van der Waals surface area contributed by atoms with Crippen LogP contribution in [0.3, 0.4) is 0 Å². The minimum absolute atomic E-state index is 0.00407. The molecule has 0 aliphatic heterocycles. The average Bonchev–Trinajstić information content (AvgIpc) is 2.76. The zero-order valence-corrected chi connectivity index (χ0v) is 14.0. The number of hydrogen-bond acceptors (Lipinski definition) is 3. The molecule has 0 radical (unpaired) electrons. The van der Waals surface area contributed by atoms with Gasteiger partial charge in [-0.3, -0.25) is 4.68 Å². The molecule has 4 heteroatoms. The molecule has 2 N–H and O–H groups in total. The molecule has 1 heterocycles. The van der Waals surface area contributed by atoms with Gasteiger partial charge in [-0.2, -0.15) is 5.10 Å². The molecular weight excluding hydrogens is 250 g/mol. The second-order valence-corrected chi connectivity index (χ2v) is 6.90. The van der Waals surface area contributed by atoms with Crippen LogP contribution in [0.25, 0.3) is 0 Å². The van der Waals surface area contributed by atoms with Crippen LogP contribution in [-0.4, -0.2) is 28.0 Å². The monoisotopic (exact) mass is 281 g/mol. The molecule has 0 atom stereocenters. The second-order valence-electron chi connectivity index (χ2n) is 6.90. The van der Waals surface area contributed by atoms with Gasteiger partial charge in [-0.05, 0) is 12.8 Å². The highest BCUT2D eigenvalue weighted by Gasteiger charge is 2.26. The Labute approximate surface area is 123 Å². The molecule has 0 aliphatic rings. The Balaban J connectivity index is 2.71. The van der Waals surface area contributed by atoms with Gasteiger partial charge in [0.25, 0.3) is 0 Å². The fraction of sp³-hybridized carbons (Fsp3) is 0.812. The largest absolute Gasteiger partial charge is 0.396 e. The average molecular weight is 281 g/mol. The van der Waals surface area contributed by atoms with Crippen molar-refractivity contribution in [2.24, 2.45) is 12.5 Å². The molecule has 0 saturated carbocycles. The van der Waals surface area contributed by atoms with Crippen molar-refractivity contribution < 1.29 is 5.11 Å². The molecule has 1 aromatic heterocycles. The summed E-state index contributed by atoms with van der Waals surface area (Å²) >= 11 is 0. The van der Waals surface area contributed by atoms with Gasteiger partial charge in [0.1, 0.15) is 0 Å². The zero-order valence-electron chi connectivity index (χ0n) is 14.0. The first-order valence-electron chi connectivity index (χ1n) is 7.62. The van der Waals surface area contributed by atoms with E-state index in [0.29, 0.717) is 0 Å². The lowest BCUT2D eigenvalue weighted by molar-refractivity contribution is 0.113. The van der Waals surface area contributed by atoms with E-state index in [2.05, 4.69) is 51.2 Å². The van der Waals surface area contributed by atoms with Gasteiger partial charge in [-0.25, -0.2) is 0 Å². The predicted molar refractivity (Wildman–Crippen MR) is 83.7 cm³/mol. The number of hydrogen-bond donors (Lipinski definition) is 2. The van der Waals surface area contributed by atoms with Crippen molar-refractivity contribution in [1.82, 2.24) is 15.1 Å². The molecule has 0 unspecified atom stereocenters. The third-order valence-corrected chi connectivity index (χ3v) is 4.27. The molecule has 0 amide bonds. The van der Waals surface area contributed by atoms with Crippen LogP contribution < -0.4 is 5.32 Å². The van der Waals surface area contributed by atoms with Crippen molar-refractivity contribution in [1.29, 1.82) is 0 Å². The van der Waals surface area contributed by atoms with E-state index in [1.54, 1.807) is 0 Å². The van der Waals surface area contributed by atoms with Crippen LogP contribution in [0, 0.1) is 5.41 Å². The van der Waals surface area contributed by atoms with Crippen molar-refractivity contribution in [2.45, 2.75) is 59.4 Å². The van der Waals surface area contributed by atoms with Gasteiger partial charge in [0.2, 0.25) is 0 Å². The molecule has 0 saturated heterocycles. The van der Waals surface area contributed by atoms with Crippen LogP contribution in [-0.2, 0) is 19.0 Å². The van der Waals surface area contributed by atoms with Crippen LogP contribution in [0.5, 0.6) is 0 Å². The molecule has 1 rings (SSSR count). The summed E-state index contributed by atoms with van der Waals surface area (Å²) in [5.41, 5.74) is 2.46. The van der Waals surface area contributed by atoms with E-state index in [4.69, 9.17) is 0 Å². The lowest BCUT2D eigenvalue weighted by atomic mass is 9.83. The second kappa shape index (κ2) is 6.72. The number of rotatable bonds is 7. The van der Waals surface area contributed by atoms with E-state index in [0.717, 1.165) is 31.6 Å². The van der Waals surface area contributed by atoms with Gasteiger partial charge < -0.3 is 10.4 Å². The maximum Gasteiger partial charge on any atom is 0.0722 e. The number of nitrogens with zero attached hydrogens (tertiary/aromatic N) is 2. The van der Waals surface area contributed by atoms with Crippen LogP contribution in [0.15, 0.2) is 6.20 Å². The van der Waals surface area contributed by atoms with Gasteiger partial charge in [-0.1, -0.05) is 34.6 Å². The maximum absolute atomic E-state index is 9.61. The standard InChI is InChI=1S/C16H31N3O/c1-7-16(8-2,12-20)11-17-9-13-10-19(6)18-14(13)15(3,4)5/h10,17,20H,7-9,11-12H2,1-6H3. The molecule has 0 spiro atoms. The molecule has 20 heavy (non-hydrogen) atoms. The van der Waals surface area contributed by atoms with E-state index < -0.39 is 0 Å². The van der Waals surface area contributed by atoms with Crippen molar-refractivity contribution >= 4 is 0 Å². The number of aromatic nitrogens is 2. The topological polar surface area (TPSA) is 50.1 Å². The Hall–Kier alpha value is -0.870. The third kappa shape index (κ3) is 4.06. The highest BCUT2D eigenvalue weighted by atomic mass is 16.3. The minimum Gasteiger partial charge on any atom is -0.396 e. The summed E-state index contributed by atoms with van der Waals surface area (Å²) in [6.07, 6.45) is 4.07. The summed E-state index contributed by atoms with van der Waals surface area (Å²) in [6, 6.07) is 0. The third-order valence-electron chi connectivity index (χ3n) is 4.27. The summed E-state index contributed by atoms with van der Waals surface area (Å²) < 4.78 is 1.89. The lowest BCUT2D eigenvalue weighted by Crippen LogP contribution is -2.36. The fourth-order valence-corrected chi connectivity index (χ4v) is 2.54. The quantitative estimate of drug-likeness (QED) is 0.807. The Kier molecular flexibility index (Phi) is 5.78. The highest BCUT2D eigenvalue weighted by Crippen LogP contribution is 2.26. The van der Waals surface area contributed by atoms with Gasteiger partial charge >= 0.3 is 0 Å². The van der Waals surface area contributed by atoms with E-state index in [9.17, 15) is 5.11 Å². The summed E-state index contributed by atoms with van der Waals surface area (Å²) in [7, 11) is 1.97. The number of aliphatic hydroxyl groups is 1. The molecule has 0 fully saturated rings. The first-order chi connectivity index (χ1) is 9.28. The zero-order chi connectivity index (χ0) is 15.4. The van der Waals surface area contributed by atoms with Crippen LogP contribution in [0.4, 0.5) is 0 Å². The Morgan fingerprint density at radius 2 is 1.85 bits per heavy atom. The lowest BCUT2D eigenvalue weighted by Gasteiger charge is -2.29. The molecule has 0 aromatic carbocycles. The number of aryl methyl sites for hydroxylation is 1.